The number of hydrogen-bond donors (Lipinski definition) is 4. The molecule has 128 valence electrons. The molecular formula is C10H30N2O8. The predicted molar refractivity (Wildman–Crippen MR) is 72.6 cm³/mol. The van der Waals surface area contributed by atoms with Gasteiger partial charge in [-0.1, -0.05) is 0 Å². The van der Waals surface area contributed by atoms with E-state index in [4.69, 9.17) is 19.8 Å². The number of hydroxylamine groups is 2. The fourth-order valence-corrected chi connectivity index (χ4v) is 0.612. The van der Waals surface area contributed by atoms with E-state index < -0.39 is 0 Å². The normalized spacial score (nSPS) is 8.70. The molecule has 0 unspecified atom stereocenters. The van der Waals surface area contributed by atoms with Crippen molar-refractivity contribution in [3.8, 4) is 0 Å². The Labute approximate surface area is 120 Å². The molecule has 0 amide bonds. The Kier molecular flexibility index (Phi) is 50.6. The number of rotatable bonds is 11. The lowest BCUT2D eigenvalue weighted by Crippen LogP contribution is -2.13. The lowest BCUT2D eigenvalue weighted by Gasteiger charge is -2.01. The quantitative estimate of drug-likeness (QED) is 0.187. The molecule has 10 heteroatoms. The zero-order chi connectivity index (χ0) is 15.2. The fourth-order valence-electron chi connectivity index (χ4n) is 0.612. The Balaban J connectivity index is -0.000000109. The minimum atomic E-state index is -0.243. The molecule has 0 spiro atoms. The minimum Gasteiger partial charge on any atom is -0.412 e. The Morgan fingerprint density at radius 1 is 0.850 bits per heavy atom. The average Bonchev–Trinajstić information content (AvgIpc) is 2.47. The van der Waals surface area contributed by atoms with Crippen molar-refractivity contribution >= 4 is 0 Å². The van der Waals surface area contributed by atoms with Gasteiger partial charge in [0.25, 0.3) is 0 Å². The molecule has 10 nitrogen and oxygen atoms in total. The van der Waals surface area contributed by atoms with E-state index in [1.165, 1.54) is 0 Å². The number of nitrogens with one attached hydrogen (secondary N) is 2. The summed E-state index contributed by atoms with van der Waals surface area (Å²) in [5, 5.41) is 15.1. The monoisotopic (exact) mass is 306 g/mol. The summed E-state index contributed by atoms with van der Waals surface area (Å²) >= 11 is 0. The van der Waals surface area contributed by atoms with Crippen LogP contribution in [0.25, 0.3) is 0 Å². The standard InChI is InChI=1S/C5H13NO3.C4H11NO3.CH4O.H2O/c1-6-9-4-3-8-5-7-2;1-5-8-3-2-7-4-6;1-2;/h6H,3-5H2,1-2H3;5-6H,2-4H2,1H3;2H,1H3;1H2. The molecule has 0 fully saturated rings. The first-order chi connectivity index (χ1) is 9.33. The topological polar surface area (TPSA) is 142 Å². The maximum atomic E-state index is 8.07. The van der Waals surface area contributed by atoms with Crippen LogP contribution in [-0.4, -0.2) is 84.0 Å². The summed E-state index contributed by atoms with van der Waals surface area (Å²) < 4.78 is 14.0. The van der Waals surface area contributed by atoms with E-state index in [1.807, 2.05) is 0 Å². The van der Waals surface area contributed by atoms with Gasteiger partial charge in [-0.3, -0.25) is 9.68 Å². The minimum absolute atomic E-state index is 0. The SMILES string of the molecule is CNOCCOCO.CNOCCOCOC.CO.O. The van der Waals surface area contributed by atoms with Crippen molar-refractivity contribution in [3.63, 3.8) is 0 Å². The van der Waals surface area contributed by atoms with Gasteiger partial charge in [0.2, 0.25) is 0 Å². The summed E-state index contributed by atoms with van der Waals surface area (Å²) in [6.45, 7) is 2.04. The Morgan fingerprint density at radius 2 is 1.30 bits per heavy atom. The van der Waals surface area contributed by atoms with E-state index in [2.05, 4.69) is 25.3 Å². The molecule has 0 aliphatic heterocycles. The van der Waals surface area contributed by atoms with Crippen LogP contribution in [0.15, 0.2) is 0 Å². The van der Waals surface area contributed by atoms with E-state index in [0.29, 0.717) is 33.2 Å². The van der Waals surface area contributed by atoms with Crippen molar-refractivity contribution in [2.45, 2.75) is 0 Å². The van der Waals surface area contributed by atoms with E-state index in [0.717, 1.165) is 7.11 Å². The van der Waals surface area contributed by atoms with Gasteiger partial charge in [-0.15, -0.1) is 0 Å². The molecule has 0 aliphatic carbocycles. The molecule has 0 bridgehead atoms. The maximum Gasteiger partial charge on any atom is 0.146 e. The van der Waals surface area contributed by atoms with Crippen molar-refractivity contribution in [2.75, 3.05) is 68.3 Å². The van der Waals surface area contributed by atoms with E-state index >= 15 is 0 Å². The van der Waals surface area contributed by atoms with Crippen molar-refractivity contribution in [1.29, 1.82) is 0 Å². The second-order valence-corrected chi connectivity index (χ2v) is 2.46. The molecule has 0 heterocycles. The third-order valence-corrected chi connectivity index (χ3v) is 1.24. The first-order valence-electron chi connectivity index (χ1n) is 5.60. The first-order valence-corrected chi connectivity index (χ1v) is 5.60. The van der Waals surface area contributed by atoms with Crippen LogP contribution in [0.5, 0.6) is 0 Å². The van der Waals surface area contributed by atoms with Gasteiger partial charge in [0.05, 0.1) is 26.4 Å². The summed E-state index contributed by atoms with van der Waals surface area (Å²) in [7, 11) is 5.95. The van der Waals surface area contributed by atoms with E-state index in [9.17, 15) is 0 Å². The van der Waals surface area contributed by atoms with Gasteiger partial charge in [-0.05, 0) is 0 Å². The van der Waals surface area contributed by atoms with Crippen LogP contribution in [0.3, 0.4) is 0 Å². The maximum absolute atomic E-state index is 8.07. The zero-order valence-electron chi connectivity index (χ0n) is 12.7. The van der Waals surface area contributed by atoms with Gasteiger partial charge < -0.3 is 29.9 Å². The van der Waals surface area contributed by atoms with Gasteiger partial charge in [-0.25, -0.2) is 11.0 Å². The van der Waals surface area contributed by atoms with E-state index in [1.54, 1.807) is 21.2 Å². The first kappa shape index (κ1) is 27.9. The summed E-state index contributed by atoms with van der Waals surface area (Å²) in [6.07, 6.45) is 0. The number of hydrogen-bond acceptors (Lipinski definition) is 9. The molecular weight excluding hydrogens is 276 g/mol. The number of aliphatic hydroxyl groups excluding tert-OH is 2. The Hall–Kier alpha value is -0.400. The smallest absolute Gasteiger partial charge is 0.146 e. The van der Waals surface area contributed by atoms with Crippen molar-refractivity contribution in [1.82, 2.24) is 11.0 Å². The molecule has 0 saturated heterocycles. The number of methoxy groups -OCH3 is 1. The Bertz CT molecular complexity index is 111. The van der Waals surface area contributed by atoms with Crippen LogP contribution in [0.1, 0.15) is 0 Å². The molecule has 0 aromatic rings. The number of aliphatic hydroxyl groups is 2. The predicted octanol–water partition coefficient (Wildman–Crippen LogP) is -2.35. The molecule has 0 atom stereocenters. The van der Waals surface area contributed by atoms with Crippen molar-refractivity contribution < 1.29 is 39.6 Å². The van der Waals surface area contributed by atoms with Gasteiger partial charge in [0, 0.05) is 28.3 Å². The van der Waals surface area contributed by atoms with Gasteiger partial charge in [0.15, 0.2) is 0 Å². The fraction of sp³-hybridized carbons (Fsp3) is 1.00. The van der Waals surface area contributed by atoms with Crippen LogP contribution >= 0.6 is 0 Å². The Morgan fingerprint density at radius 3 is 1.65 bits per heavy atom. The molecule has 0 aromatic heterocycles. The molecule has 0 aromatic carbocycles. The summed E-state index contributed by atoms with van der Waals surface area (Å²) in [5.74, 6) is 0. The van der Waals surface area contributed by atoms with Crippen molar-refractivity contribution in [2.24, 2.45) is 0 Å². The van der Waals surface area contributed by atoms with Crippen LogP contribution in [0.2, 0.25) is 0 Å². The lowest BCUT2D eigenvalue weighted by molar-refractivity contribution is -0.0625. The second kappa shape index (κ2) is 36.3. The second-order valence-electron chi connectivity index (χ2n) is 2.46. The highest BCUT2D eigenvalue weighted by atomic mass is 16.7. The van der Waals surface area contributed by atoms with Gasteiger partial charge in [0.1, 0.15) is 13.6 Å². The largest absolute Gasteiger partial charge is 0.412 e. The molecule has 20 heavy (non-hydrogen) atoms. The zero-order valence-corrected chi connectivity index (χ0v) is 12.7. The molecule has 0 rings (SSSR count). The third kappa shape index (κ3) is 43.2. The lowest BCUT2D eigenvalue weighted by atomic mass is 10.8. The highest BCUT2D eigenvalue weighted by Gasteiger charge is 1.84. The van der Waals surface area contributed by atoms with Crippen molar-refractivity contribution in [3.05, 3.63) is 0 Å². The average molecular weight is 306 g/mol. The van der Waals surface area contributed by atoms with Crippen LogP contribution in [0.4, 0.5) is 0 Å². The summed E-state index contributed by atoms with van der Waals surface area (Å²) in [6, 6.07) is 0. The van der Waals surface area contributed by atoms with Gasteiger partial charge in [-0.2, -0.15) is 0 Å². The third-order valence-electron chi connectivity index (χ3n) is 1.24. The molecule has 0 saturated carbocycles. The van der Waals surface area contributed by atoms with Gasteiger partial charge >= 0.3 is 0 Å². The van der Waals surface area contributed by atoms with Crippen LogP contribution < -0.4 is 11.0 Å². The molecule has 6 N–H and O–H groups in total. The molecule has 0 aliphatic rings. The van der Waals surface area contributed by atoms with Crippen LogP contribution in [-0.2, 0) is 23.9 Å². The summed E-state index contributed by atoms with van der Waals surface area (Å²) in [5.41, 5.74) is 4.99. The summed E-state index contributed by atoms with van der Waals surface area (Å²) in [4.78, 5) is 9.40. The van der Waals surface area contributed by atoms with E-state index in [-0.39, 0.29) is 12.3 Å². The molecule has 0 radical (unpaired) electrons. The highest BCUT2D eigenvalue weighted by molar-refractivity contribution is 4.20. The highest BCUT2D eigenvalue weighted by Crippen LogP contribution is 1.74. The van der Waals surface area contributed by atoms with Crippen LogP contribution in [0, 0.1) is 0 Å². The number of ether oxygens (including phenoxy) is 3.